The van der Waals surface area contributed by atoms with Crippen molar-refractivity contribution in [1.29, 1.82) is 0 Å². The van der Waals surface area contributed by atoms with Crippen molar-refractivity contribution in [3.8, 4) is 5.75 Å². The van der Waals surface area contributed by atoms with Crippen LogP contribution in [0.2, 0.25) is 0 Å². The molecule has 4 heteroatoms. The first-order valence-corrected chi connectivity index (χ1v) is 7.87. The third-order valence-corrected chi connectivity index (χ3v) is 4.05. The van der Waals surface area contributed by atoms with Crippen LogP contribution in [0.25, 0.3) is 0 Å². The minimum atomic E-state index is -0.452. The fourth-order valence-electron chi connectivity index (χ4n) is 2.76. The highest BCUT2D eigenvalue weighted by atomic mass is 16.5. The number of hydrogen-bond donors (Lipinski definition) is 0. The summed E-state index contributed by atoms with van der Waals surface area (Å²) in [4.78, 5) is 16.7. The number of rotatable bonds is 5. The second-order valence-corrected chi connectivity index (χ2v) is 5.94. The third-order valence-electron chi connectivity index (χ3n) is 4.05. The van der Waals surface area contributed by atoms with E-state index in [1.54, 1.807) is 0 Å². The van der Waals surface area contributed by atoms with Gasteiger partial charge in [0.1, 0.15) is 5.75 Å². The van der Waals surface area contributed by atoms with Crippen LogP contribution in [0.3, 0.4) is 0 Å². The van der Waals surface area contributed by atoms with Crippen LogP contribution in [0.4, 0.5) is 0 Å². The zero-order chi connectivity index (χ0) is 16.1. The van der Waals surface area contributed by atoms with Gasteiger partial charge in [-0.3, -0.25) is 9.69 Å². The van der Waals surface area contributed by atoms with E-state index in [1.165, 1.54) is 5.56 Å². The maximum absolute atomic E-state index is 12.5. The summed E-state index contributed by atoms with van der Waals surface area (Å²) in [7, 11) is 0. The van der Waals surface area contributed by atoms with E-state index in [0.29, 0.717) is 0 Å². The molecule has 1 fully saturated rings. The summed E-state index contributed by atoms with van der Waals surface area (Å²) < 4.78 is 5.87. The minimum absolute atomic E-state index is 0.0678. The molecule has 1 aromatic carbocycles. The van der Waals surface area contributed by atoms with Crippen molar-refractivity contribution in [2.24, 2.45) is 0 Å². The van der Waals surface area contributed by atoms with Crippen LogP contribution in [-0.4, -0.2) is 54.5 Å². The Morgan fingerprint density at radius 3 is 2.59 bits per heavy atom. The quantitative estimate of drug-likeness (QED) is 0.783. The van der Waals surface area contributed by atoms with Gasteiger partial charge in [-0.2, -0.15) is 0 Å². The monoisotopic (exact) mass is 302 g/mol. The van der Waals surface area contributed by atoms with Crippen molar-refractivity contribution in [2.75, 3.05) is 32.7 Å². The molecule has 1 atom stereocenters. The molecular weight excluding hydrogens is 276 g/mol. The average molecular weight is 302 g/mol. The highest BCUT2D eigenvalue weighted by Gasteiger charge is 2.25. The lowest BCUT2D eigenvalue weighted by atomic mass is 10.1. The largest absolute Gasteiger partial charge is 0.481 e. The average Bonchev–Trinajstić information content (AvgIpc) is 2.50. The molecule has 1 amide bonds. The van der Waals surface area contributed by atoms with Gasteiger partial charge in [0.2, 0.25) is 0 Å². The lowest BCUT2D eigenvalue weighted by molar-refractivity contribution is -0.139. The zero-order valence-electron chi connectivity index (χ0n) is 13.8. The summed E-state index contributed by atoms with van der Waals surface area (Å²) in [6, 6.07) is 6.02. The number of carbonyl (C=O) groups excluding carboxylic acids is 1. The van der Waals surface area contributed by atoms with Gasteiger partial charge >= 0.3 is 0 Å². The van der Waals surface area contributed by atoms with E-state index >= 15 is 0 Å². The Hall–Kier alpha value is -1.81. The Morgan fingerprint density at radius 2 is 2.00 bits per heavy atom. The van der Waals surface area contributed by atoms with Gasteiger partial charge in [0.25, 0.3) is 5.91 Å². The van der Waals surface area contributed by atoms with Crippen molar-refractivity contribution in [3.05, 3.63) is 42.0 Å². The van der Waals surface area contributed by atoms with Gasteiger partial charge in [0.05, 0.1) is 0 Å². The van der Waals surface area contributed by atoms with Crippen LogP contribution in [0.5, 0.6) is 5.75 Å². The van der Waals surface area contributed by atoms with Gasteiger partial charge in [-0.25, -0.2) is 0 Å². The molecule has 1 aromatic rings. The number of benzene rings is 1. The highest BCUT2D eigenvalue weighted by molar-refractivity contribution is 5.81. The molecule has 120 valence electrons. The molecule has 1 heterocycles. The van der Waals surface area contributed by atoms with Gasteiger partial charge in [0.15, 0.2) is 6.10 Å². The molecule has 0 bridgehead atoms. The first-order valence-electron chi connectivity index (χ1n) is 7.87. The predicted octanol–water partition coefficient (Wildman–Crippen LogP) is 2.40. The Labute approximate surface area is 133 Å². The standard InChI is InChI=1S/C18H26N2O2/c1-5-8-19-9-11-20(12-10-19)18(21)16(4)22-17-7-6-14(2)13-15(17)3/h5-7,13,16H,1,8-12H2,2-4H3/t16-/m0/s1. The summed E-state index contributed by atoms with van der Waals surface area (Å²) >= 11 is 0. The fourth-order valence-corrected chi connectivity index (χ4v) is 2.76. The molecule has 0 radical (unpaired) electrons. The fraction of sp³-hybridized carbons (Fsp3) is 0.500. The van der Waals surface area contributed by atoms with Crippen LogP contribution >= 0.6 is 0 Å². The molecule has 1 aliphatic heterocycles. The van der Waals surface area contributed by atoms with Crippen LogP contribution in [0.15, 0.2) is 30.9 Å². The number of hydrogen-bond acceptors (Lipinski definition) is 3. The predicted molar refractivity (Wildman–Crippen MR) is 89.2 cm³/mol. The number of ether oxygens (including phenoxy) is 1. The van der Waals surface area contributed by atoms with Crippen molar-refractivity contribution in [1.82, 2.24) is 9.80 Å². The second kappa shape index (κ2) is 7.45. The first kappa shape index (κ1) is 16.6. The van der Waals surface area contributed by atoms with Crippen molar-refractivity contribution >= 4 is 5.91 Å². The summed E-state index contributed by atoms with van der Waals surface area (Å²) in [5.74, 6) is 0.856. The molecule has 1 saturated heterocycles. The zero-order valence-corrected chi connectivity index (χ0v) is 13.8. The maximum Gasteiger partial charge on any atom is 0.263 e. The lowest BCUT2D eigenvalue weighted by Crippen LogP contribution is -2.51. The molecule has 0 spiro atoms. The van der Waals surface area contributed by atoms with E-state index in [2.05, 4.69) is 17.5 Å². The minimum Gasteiger partial charge on any atom is -0.481 e. The third kappa shape index (κ3) is 4.10. The van der Waals surface area contributed by atoms with Crippen molar-refractivity contribution in [3.63, 3.8) is 0 Å². The van der Waals surface area contributed by atoms with E-state index in [0.717, 1.165) is 44.0 Å². The lowest BCUT2D eigenvalue weighted by Gasteiger charge is -2.35. The number of amides is 1. The van der Waals surface area contributed by atoms with Crippen LogP contribution in [-0.2, 0) is 4.79 Å². The smallest absolute Gasteiger partial charge is 0.263 e. The molecule has 0 aromatic heterocycles. The summed E-state index contributed by atoms with van der Waals surface area (Å²) in [5.41, 5.74) is 2.26. The molecule has 0 N–H and O–H groups in total. The van der Waals surface area contributed by atoms with Crippen molar-refractivity contribution < 1.29 is 9.53 Å². The second-order valence-electron chi connectivity index (χ2n) is 5.94. The van der Waals surface area contributed by atoms with Gasteiger partial charge in [0, 0.05) is 32.7 Å². The topological polar surface area (TPSA) is 32.8 Å². The van der Waals surface area contributed by atoms with Crippen LogP contribution in [0, 0.1) is 13.8 Å². The Morgan fingerprint density at radius 1 is 1.32 bits per heavy atom. The maximum atomic E-state index is 12.5. The summed E-state index contributed by atoms with van der Waals surface area (Å²) in [5, 5.41) is 0. The van der Waals surface area contributed by atoms with E-state index in [-0.39, 0.29) is 5.91 Å². The Bertz CT molecular complexity index is 534. The molecule has 22 heavy (non-hydrogen) atoms. The molecule has 0 unspecified atom stereocenters. The first-order chi connectivity index (χ1) is 10.5. The molecule has 0 saturated carbocycles. The summed E-state index contributed by atoms with van der Waals surface area (Å²) in [6.07, 6.45) is 1.45. The number of carbonyl (C=O) groups is 1. The highest BCUT2D eigenvalue weighted by Crippen LogP contribution is 2.20. The summed E-state index contributed by atoms with van der Waals surface area (Å²) in [6.45, 7) is 13.8. The molecule has 2 rings (SSSR count). The normalized spacial score (nSPS) is 17.1. The van der Waals surface area contributed by atoms with Gasteiger partial charge in [-0.15, -0.1) is 6.58 Å². The van der Waals surface area contributed by atoms with E-state index in [9.17, 15) is 4.79 Å². The number of nitrogens with zero attached hydrogens (tertiary/aromatic N) is 2. The van der Waals surface area contributed by atoms with Gasteiger partial charge in [-0.1, -0.05) is 23.8 Å². The van der Waals surface area contributed by atoms with Gasteiger partial charge < -0.3 is 9.64 Å². The van der Waals surface area contributed by atoms with Crippen LogP contribution < -0.4 is 4.74 Å². The molecular formula is C18H26N2O2. The van der Waals surface area contributed by atoms with Gasteiger partial charge in [-0.05, 0) is 32.4 Å². The SMILES string of the molecule is C=CCN1CCN(C(=O)[C@H](C)Oc2ccc(C)cc2C)CC1. The van der Waals surface area contributed by atoms with E-state index < -0.39 is 6.10 Å². The Balaban J connectivity index is 1.91. The van der Waals surface area contributed by atoms with E-state index in [1.807, 2.05) is 43.9 Å². The number of piperazine rings is 1. The molecule has 0 aliphatic carbocycles. The van der Waals surface area contributed by atoms with Crippen LogP contribution in [0.1, 0.15) is 18.1 Å². The Kier molecular flexibility index (Phi) is 5.61. The number of aryl methyl sites for hydroxylation is 2. The van der Waals surface area contributed by atoms with E-state index in [4.69, 9.17) is 4.74 Å². The molecule has 4 nitrogen and oxygen atoms in total. The van der Waals surface area contributed by atoms with Crippen molar-refractivity contribution in [2.45, 2.75) is 26.9 Å². The molecule has 1 aliphatic rings.